The summed E-state index contributed by atoms with van der Waals surface area (Å²) in [6.07, 6.45) is -1.89. The van der Waals surface area contributed by atoms with E-state index in [2.05, 4.69) is 0 Å². The second-order valence-corrected chi connectivity index (χ2v) is 4.07. The molecule has 0 amide bonds. The number of methoxy groups -OCH3 is 1. The predicted molar refractivity (Wildman–Crippen MR) is 63.3 cm³/mol. The third kappa shape index (κ3) is 2.60. The van der Waals surface area contributed by atoms with E-state index in [1.807, 2.05) is 0 Å². The van der Waals surface area contributed by atoms with Crippen molar-refractivity contribution in [3.63, 3.8) is 0 Å². The summed E-state index contributed by atoms with van der Waals surface area (Å²) in [4.78, 5) is 0. The first-order chi connectivity index (χ1) is 9.43. The quantitative estimate of drug-likeness (QED) is 0.877. The highest BCUT2D eigenvalue weighted by Gasteiger charge is 2.23. The summed E-state index contributed by atoms with van der Waals surface area (Å²) in [6, 6.07) is 4.28. The lowest BCUT2D eigenvalue weighted by Crippen LogP contribution is -2.08. The molecule has 1 N–H and O–H groups in total. The average molecular weight is 286 g/mol. The third-order valence-electron chi connectivity index (χ3n) is 2.82. The number of benzene rings is 2. The third-order valence-corrected chi connectivity index (χ3v) is 2.82. The van der Waals surface area contributed by atoms with E-state index in [9.17, 15) is 22.7 Å². The Morgan fingerprint density at radius 2 is 1.55 bits per heavy atom. The summed E-state index contributed by atoms with van der Waals surface area (Å²) in [5.41, 5.74) is -1.15. The van der Waals surface area contributed by atoms with Crippen LogP contribution < -0.4 is 4.74 Å². The molecule has 0 heterocycles. The van der Waals surface area contributed by atoms with Crippen LogP contribution in [0.3, 0.4) is 0 Å². The lowest BCUT2D eigenvalue weighted by molar-refractivity contribution is 0.203. The second-order valence-electron chi connectivity index (χ2n) is 4.07. The van der Waals surface area contributed by atoms with E-state index in [4.69, 9.17) is 4.74 Å². The van der Waals surface area contributed by atoms with Crippen LogP contribution in [0.15, 0.2) is 30.3 Å². The van der Waals surface area contributed by atoms with Crippen molar-refractivity contribution in [1.29, 1.82) is 0 Å². The van der Waals surface area contributed by atoms with E-state index >= 15 is 0 Å². The summed E-state index contributed by atoms with van der Waals surface area (Å²) >= 11 is 0. The van der Waals surface area contributed by atoms with Gasteiger partial charge >= 0.3 is 0 Å². The molecule has 106 valence electrons. The molecule has 2 aromatic carbocycles. The van der Waals surface area contributed by atoms with Crippen molar-refractivity contribution in [3.8, 4) is 5.75 Å². The molecule has 0 saturated carbocycles. The van der Waals surface area contributed by atoms with E-state index in [-0.39, 0.29) is 11.3 Å². The molecule has 1 unspecified atom stereocenters. The van der Waals surface area contributed by atoms with Gasteiger partial charge in [0.25, 0.3) is 0 Å². The average Bonchev–Trinajstić information content (AvgIpc) is 2.37. The summed E-state index contributed by atoms with van der Waals surface area (Å²) in [6.45, 7) is 0. The van der Waals surface area contributed by atoms with Crippen LogP contribution >= 0.6 is 0 Å². The van der Waals surface area contributed by atoms with Gasteiger partial charge in [-0.05, 0) is 12.1 Å². The normalized spacial score (nSPS) is 12.3. The van der Waals surface area contributed by atoms with Gasteiger partial charge in [0.05, 0.1) is 12.7 Å². The van der Waals surface area contributed by atoms with Crippen molar-refractivity contribution < 1.29 is 27.4 Å². The number of aliphatic hydroxyl groups excluding tert-OH is 1. The van der Waals surface area contributed by atoms with Crippen LogP contribution in [-0.2, 0) is 0 Å². The molecule has 0 aliphatic carbocycles. The van der Waals surface area contributed by atoms with E-state index in [1.54, 1.807) is 0 Å². The zero-order valence-corrected chi connectivity index (χ0v) is 10.3. The first-order valence-electron chi connectivity index (χ1n) is 5.60. The van der Waals surface area contributed by atoms with Crippen molar-refractivity contribution in [1.82, 2.24) is 0 Å². The monoisotopic (exact) mass is 286 g/mol. The molecule has 6 heteroatoms. The molecule has 2 rings (SSSR count). The van der Waals surface area contributed by atoms with Gasteiger partial charge in [-0.15, -0.1) is 0 Å². The zero-order chi connectivity index (χ0) is 14.9. The van der Waals surface area contributed by atoms with Crippen LogP contribution in [0, 0.1) is 23.3 Å². The van der Waals surface area contributed by atoms with Crippen LogP contribution in [0.1, 0.15) is 17.2 Å². The molecule has 1 atom stereocenters. The highest BCUT2D eigenvalue weighted by molar-refractivity contribution is 5.36. The Bertz CT molecular complexity index is 620. The molecular weight excluding hydrogens is 276 g/mol. The van der Waals surface area contributed by atoms with E-state index in [1.165, 1.54) is 13.2 Å². The van der Waals surface area contributed by atoms with Gasteiger partial charge in [0.15, 0.2) is 0 Å². The standard InChI is InChI=1S/C14H10F4O2/c1-20-8-2-3-9(10(16)6-8)14(19)13-11(17)4-7(15)5-12(13)18/h2-6,14,19H,1H3. The fourth-order valence-corrected chi connectivity index (χ4v) is 1.83. The highest BCUT2D eigenvalue weighted by atomic mass is 19.1. The first kappa shape index (κ1) is 14.3. The Morgan fingerprint density at radius 3 is 2.05 bits per heavy atom. The van der Waals surface area contributed by atoms with Gasteiger partial charge in [0, 0.05) is 23.8 Å². The zero-order valence-electron chi connectivity index (χ0n) is 10.3. The van der Waals surface area contributed by atoms with E-state index in [0.29, 0.717) is 12.1 Å². The summed E-state index contributed by atoms with van der Waals surface area (Å²) in [5.74, 6) is -4.39. The number of hydrogen-bond acceptors (Lipinski definition) is 2. The SMILES string of the molecule is COc1ccc(C(O)c2c(F)cc(F)cc2F)c(F)c1. The highest BCUT2D eigenvalue weighted by Crippen LogP contribution is 2.30. The molecule has 0 fully saturated rings. The minimum atomic E-state index is -1.89. The Labute approximate surface area is 112 Å². The minimum Gasteiger partial charge on any atom is -0.497 e. The van der Waals surface area contributed by atoms with Crippen LogP contribution in [0.5, 0.6) is 5.75 Å². The van der Waals surface area contributed by atoms with Gasteiger partial charge in [-0.2, -0.15) is 0 Å². The maximum atomic E-state index is 13.8. The Balaban J connectivity index is 2.49. The van der Waals surface area contributed by atoms with Gasteiger partial charge in [-0.1, -0.05) is 0 Å². The molecule has 0 aliphatic rings. The number of halogens is 4. The van der Waals surface area contributed by atoms with Crippen LogP contribution in [0.4, 0.5) is 17.6 Å². The largest absolute Gasteiger partial charge is 0.497 e. The van der Waals surface area contributed by atoms with Crippen molar-refractivity contribution >= 4 is 0 Å². The molecule has 0 spiro atoms. The Kier molecular flexibility index (Phi) is 3.94. The first-order valence-corrected chi connectivity index (χ1v) is 5.60. The molecule has 2 aromatic rings. The van der Waals surface area contributed by atoms with E-state index in [0.717, 1.165) is 12.1 Å². The summed E-state index contributed by atoms with van der Waals surface area (Å²) in [5, 5.41) is 9.91. The Hall–Kier alpha value is -2.08. The van der Waals surface area contributed by atoms with Gasteiger partial charge < -0.3 is 9.84 Å². The molecule has 0 radical (unpaired) electrons. The second kappa shape index (κ2) is 5.50. The number of hydrogen-bond donors (Lipinski definition) is 1. The maximum Gasteiger partial charge on any atom is 0.135 e. The van der Waals surface area contributed by atoms with Gasteiger partial charge in [-0.3, -0.25) is 0 Å². The summed E-state index contributed by atoms with van der Waals surface area (Å²) in [7, 11) is 1.32. The minimum absolute atomic E-state index is 0.193. The smallest absolute Gasteiger partial charge is 0.135 e. The van der Waals surface area contributed by atoms with E-state index < -0.39 is 34.9 Å². The predicted octanol–water partition coefficient (Wildman–Crippen LogP) is 3.33. The lowest BCUT2D eigenvalue weighted by atomic mass is 9.99. The lowest BCUT2D eigenvalue weighted by Gasteiger charge is -2.15. The summed E-state index contributed by atoms with van der Waals surface area (Å²) < 4.78 is 58.4. The number of ether oxygens (including phenoxy) is 1. The van der Waals surface area contributed by atoms with Crippen molar-refractivity contribution in [2.75, 3.05) is 7.11 Å². The number of rotatable bonds is 3. The molecule has 2 nitrogen and oxygen atoms in total. The number of aliphatic hydroxyl groups is 1. The van der Waals surface area contributed by atoms with Gasteiger partial charge in [0.2, 0.25) is 0 Å². The fourth-order valence-electron chi connectivity index (χ4n) is 1.83. The molecule has 0 aromatic heterocycles. The van der Waals surface area contributed by atoms with Crippen molar-refractivity contribution in [2.45, 2.75) is 6.10 Å². The molecule has 20 heavy (non-hydrogen) atoms. The fraction of sp³-hybridized carbons (Fsp3) is 0.143. The van der Waals surface area contributed by atoms with Crippen LogP contribution in [0.2, 0.25) is 0 Å². The van der Waals surface area contributed by atoms with Crippen LogP contribution in [0.25, 0.3) is 0 Å². The van der Waals surface area contributed by atoms with Crippen LogP contribution in [-0.4, -0.2) is 12.2 Å². The van der Waals surface area contributed by atoms with Crippen molar-refractivity contribution in [3.05, 3.63) is 64.7 Å². The van der Waals surface area contributed by atoms with Crippen molar-refractivity contribution in [2.24, 2.45) is 0 Å². The van der Waals surface area contributed by atoms with Gasteiger partial charge in [0.1, 0.15) is 35.1 Å². The molecular formula is C14H10F4O2. The molecule has 0 aliphatic heterocycles. The maximum absolute atomic E-state index is 13.8. The molecule has 0 bridgehead atoms. The van der Waals surface area contributed by atoms with Gasteiger partial charge in [-0.25, -0.2) is 17.6 Å². The topological polar surface area (TPSA) is 29.5 Å². The Morgan fingerprint density at radius 1 is 0.950 bits per heavy atom. The molecule has 0 saturated heterocycles.